The minimum atomic E-state index is -4.77. The predicted molar refractivity (Wildman–Crippen MR) is 96.9 cm³/mol. The molecule has 13 nitrogen and oxygen atoms in total. The molecule has 0 aliphatic carbocycles. The molecule has 0 saturated carbocycles. The topological polar surface area (TPSA) is 189 Å². The number of aliphatic hydroxyl groups excluding tert-OH is 2. The van der Waals surface area contributed by atoms with Crippen molar-refractivity contribution in [2.75, 3.05) is 6.61 Å². The Morgan fingerprint density at radius 1 is 1.43 bits per heavy atom. The lowest BCUT2D eigenvalue weighted by Gasteiger charge is -2.25. The third-order valence-corrected chi connectivity index (χ3v) is 5.19. The van der Waals surface area contributed by atoms with E-state index in [1.165, 1.54) is 6.92 Å². The van der Waals surface area contributed by atoms with E-state index in [0.29, 0.717) is 4.57 Å². The van der Waals surface area contributed by atoms with Crippen molar-refractivity contribution >= 4 is 13.7 Å². The van der Waals surface area contributed by atoms with E-state index in [9.17, 15) is 34.1 Å². The van der Waals surface area contributed by atoms with E-state index in [0.717, 1.165) is 12.3 Å². The van der Waals surface area contributed by atoms with Crippen LogP contribution in [0.4, 0.5) is 4.39 Å². The minimum Gasteiger partial charge on any atom is -0.462 e. The molecule has 1 unspecified atom stereocenters. The number of aliphatic hydroxyl groups is 2. The van der Waals surface area contributed by atoms with Crippen LogP contribution in [0.25, 0.3) is 0 Å². The number of rotatable bonds is 8. The maximum Gasteiger partial charge on any atom is 0.403 e. The number of aromatic nitrogens is 2. The number of esters is 1. The van der Waals surface area contributed by atoms with E-state index in [1.54, 1.807) is 13.8 Å². The van der Waals surface area contributed by atoms with Crippen molar-refractivity contribution in [1.82, 2.24) is 14.6 Å². The largest absolute Gasteiger partial charge is 0.462 e. The van der Waals surface area contributed by atoms with Gasteiger partial charge in [0.05, 0.1) is 6.10 Å². The molecule has 170 valence electrons. The monoisotopic (exact) mass is 455 g/mol. The van der Waals surface area contributed by atoms with Crippen molar-refractivity contribution in [3.05, 3.63) is 33.1 Å². The fraction of sp³-hybridized carbons (Fsp3) is 0.667. The Morgan fingerprint density at radius 2 is 2.07 bits per heavy atom. The van der Waals surface area contributed by atoms with Crippen molar-refractivity contribution in [2.45, 2.75) is 57.2 Å². The molecular formula is C15H23FN3O10P. The molecule has 6 atom stereocenters. The van der Waals surface area contributed by atoms with Gasteiger partial charge in [-0.15, -0.1) is 0 Å². The van der Waals surface area contributed by atoms with E-state index in [2.05, 4.69) is 4.52 Å². The molecule has 1 saturated heterocycles. The zero-order chi connectivity index (χ0) is 22.9. The highest BCUT2D eigenvalue weighted by Crippen LogP contribution is 2.43. The molecule has 15 heteroatoms. The van der Waals surface area contributed by atoms with Gasteiger partial charge in [-0.25, -0.2) is 18.8 Å². The van der Waals surface area contributed by atoms with Gasteiger partial charge in [0.15, 0.2) is 6.23 Å². The molecule has 5 N–H and O–H groups in total. The highest BCUT2D eigenvalue weighted by molar-refractivity contribution is 7.50. The van der Waals surface area contributed by atoms with Gasteiger partial charge in [-0.1, -0.05) is 0 Å². The Labute approximate surface area is 169 Å². The average molecular weight is 455 g/mol. The maximum atomic E-state index is 15.0. The number of carbonyl (C=O) groups is 1. The van der Waals surface area contributed by atoms with E-state index in [1.807, 2.05) is 10.1 Å². The normalized spacial score (nSPS) is 29.5. The molecule has 1 aromatic heterocycles. The van der Waals surface area contributed by atoms with Crippen LogP contribution in [-0.2, 0) is 23.4 Å². The Hall–Kier alpha value is -1.93. The first-order chi connectivity index (χ1) is 13.8. The first-order valence-corrected chi connectivity index (χ1v) is 10.3. The average Bonchev–Trinajstić information content (AvgIpc) is 2.84. The summed E-state index contributed by atoms with van der Waals surface area (Å²) in [4.78, 5) is 46.3. The van der Waals surface area contributed by atoms with Gasteiger partial charge < -0.3 is 24.6 Å². The van der Waals surface area contributed by atoms with Crippen LogP contribution in [0.3, 0.4) is 0 Å². The molecular weight excluding hydrogens is 432 g/mol. The summed E-state index contributed by atoms with van der Waals surface area (Å²) in [5, 5.41) is 22.0. The zero-order valence-corrected chi connectivity index (χ0v) is 17.1. The lowest BCUT2D eigenvalue weighted by atomic mass is 10.1. The van der Waals surface area contributed by atoms with Crippen molar-refractivity contribution < 1.29 is 42.9 Å². The number of hydrogen-bond acceptors (Lipinski definition) is 9. The predicted octanol–water partition coefficient (Wildman–Crippen LogP) is -1.50. The van der Waals surface area contributed by atoms with Crippen LogP contribution in [0.15, 0.2) is 21.9 Å². The molecule has 1 aromatic rings. The van der Waals surface area contributed by atoms with Gasteiger partial charge in [0.2, 0.25) is 0 Å². The second-order valence-corrected chi connectivity index (χ2v) is 8.43. The van der Waals surface area contributed by atoms with Crippen LogP contribution in [0.1, 0.15) is 27.0 Å². The summed E-state index contributed by atoms with van der Waals surface area (Å²) in [6.45, 7) is 3.01. The molecule has 2 heterocycles. The number of halogens is 1. The molecule has 0 bridgehead atoms. The number of nitrogens with zero attached hydrogens (tertiary/aromatic N) is 1. The van der Waals surface area contributed by atoms with Gasteiger partial charge >= 0.3 is 19.4 Å². The Bertz CT molecular complexity index is 936. The summed E-state index contributed by atoms with van der Waals surface area (Å²) in [5.41, 5.74) is -1.80. The fourth-order valence-electron chi connectivity index (χ4n) is 2.56. The number of nitrogens with one attached hydrogen (secondary N) is 2. The van der Waals surface area contributed by atoms with Crippen LogP contribution in [0.2, 0.25) is 0 Å². The summed E-state index contributed by atoms with van der Waals surface area (Å²) >= 11 is 0. The van der Waals surface area contributed by atoms with Gasteiger partial charge in [0, 0.05) is 12.3 Å². The highest BCUT2D eigenvalue weighted by atomic mass is 31.2. The molecule has 0 aromatic carbocycles. The Balaban J connectivity index is 2.08. The second kappa shape index (κ2) is 9.06. The van der Waals surface area contributed by atoms with Crippen molar-refractivity contribution in [3.63, 3.8) is 0 Å². The van der Waals surface area contributed by atoms with Crippen LogP contribution >= 0.6 is 7.75 Å². The number of H-pyrrole nitrogens is 1. The standard InChI is InChI=1S/C15H23FN3O10P/c1-7(2)28-13(23)8(3)18-30(25,26)27-6-15(16)11(22)10(21)12(29-15)19-5-4-9(20)17-14(19)24/h4-5,7-8,10-12,21-22H,6H2,1-3H3,(H,17,20,24)(H2,18,25,26)/t8-,10+,11-,12+,15+/m0/s1. The molecule has 0 amide bonds. The summed E-state index contributed by atoms with van der Waals surface area (Å²) in [6.07, 6.45) is -5.58. The number of ether oxygens (including phenoxy) is 2. The van der Waals surface area contributed by atoms with E-state index >= 15 is 4.39 Å². The first-order valence-electron chi connectivity index (χ1n) is 8.76. The van der Waals surface area contributed by atoms with E-state index in [-0.39, 0.29) is 0 Å². The molecule has 2 rings (SSSR count). The van der Waals surface area contributed by atoms with Crippen LogP contribution in [0, 0.1) is 0 Å². The summed E-state index contributed by atoms with van der Waals surface area (Å²) < 4.78 is 42.0. The SMILES string of the molecule is CC(C)OC(=O)[C@H](C)NP(=O)(O)OC[C@@]1(F)O[C@@H](n2ccc(=O)[nH]c2=O)[C@H](O)[C@@H]1O. The third kappa shape index (κ3) is 5.60. The molecule has 1 aliphatic rings. The number of carbonyl (C=O) groups excluding carboxylic acids is 1. The van der Waals surface area contributed by atoms with Crippen LogP contribution in [-0.4, -0.2) is 67.4 Å². The summed E-state index contributed by atoms with van der Waals surface area (Å²) in [6, 6.07) is -0.381. The van der Waals surface area contributed by atoms with Crippen molar-refractivity contribution in [1.29, 1.82) is 0 Å². The minimum absolute atomic E-state index is 0.480. The molecule has 30 heavy (non-hydrogen) atoms. The highest BCUT2D eigenvalue weighted by Gasteiger charge is 2.57. The van der Waals surface area contributed by atoms with E-state index in [4.69, 9.17) is 9.47 Å². The maximum absolute atomic E-state index is 15.0. The lowest BCUT2D eigenvalue weighted by Crippen LogP contribution is -2.43. The Kier molecular flexibility index (Phi) is 7.35. The molecule has 1 aliphatic heterocycles. The smallest absolute Gasteiger partial charge is 0.403 e. The second-order valence-electron chi connectivity index (χ2n) is 6.88. The fourth-order valence-corrected chi connectivity index (χ4v) is 3.58. The number of hydrogen-bond donors (Lipinski definition) is 5. The van der Waals surface area contributed by atoms with Gasteiger partial charge in [-0.2, -0.15) is 0 Å². The van der Waals surface area contributed by atoms with Crippen molar-refractivity contribution in [3.8, 4) is 0 Å². The van der Waals surface area contributed by atoms with Crippen molar-refractivity contribution in [2.24, 2.45) is 0 Å². The summed E-state index contributed by atoms with van der Waals surface area (Å²) in [5.74, 6) is -4.05. The van der Waals surface area contributed by atoms with Gasteiger partial charge in [-0.05, 0) is 20.8 Å². The molecule has 1 fully saturated rings. The first kappa shape index (κ1) is 24.3. The molecule has 0 radical (unpaired) electrons. The third-order valence-electron chi connectivity index (χ3n) is 4.00. The summed E-state index contributed by atoms with van der Waals surface area (Å²) in [7, 11) is -4.77. The van der Waals surface area contributed by atoms with Gasteiger partial charge in [0.25, 0.3) is 11.4 Å². The lowest BCUT2D eigenvalue weighted by molar-refractivity contribution is -0.204. The van der Waals surface area contributed by atoms with Gasteiger partial charge in [-0.3, -0.25) is 23.7 Å². The van der Waals surface area contributed by atoms with E-state index < -0.39 is 68.0 Å². The quantitative estimate of drug-likeness (QED) is 0.227. The zero-order valence-electron chi connectivity index (χ0n) is 16.2. The number of aromatic amines is 1. The van der Waals surface area contributed by atoms with Crippen LogP contribution < -0.4 is 16.3 Å². The Morgan fingerprint density at radius 3 is 2.63 bits per heavy atom. The number of alkyl halides is 1. The van der Waals surface area contributed by atoms with Gasteiger partial charge in [0.1, 0.15) is 24.9 Å². The molecule has 0 spiro atoms. The van der Waals surface area contributed by atoms with Crippen LogP contribution in [0.5, 0.6) is 0 Å².